The molecular weight excluding hydrogens is 178 g/mol. The van der Waals surface area contributed by atoms with Gasteiger partial charge in [0.05, 0.1) is 11.8 Å². The maximum Gasteiger partial charge on any atom is 0.217 e. The highest BCUT2D eigenvalue weighted by atomic mass is 16.3. The summed E-state index contributed by atoms with van der Waals surface area (Å²) in [6.45, 7) is 2.97. The van der Waals surface area contributed by atoms with E-state index in [0.29, 0.717) is 5.76 Å². The number of nitrogens with one attached hydrogen (secondary N) is 1. The minimum absolute atomic E-state index is 0.0995. The van der Waals surface area contributed by atoms with E-state index in [1.807, 2.05) is 6.92 Å². The van der Waals surface area contributed by atoms with Crippen LogP contribution in [0, 0.1) is 0 Å². The van der Waals surface area contributed by atoms with Gasteiger partial charge in [-0.25, -0.2) is 0 Å². The summed E-state index contributed by atoms with van der Waals surface area (Å²) in [7, 11) is 0. The van der Waals surface area contributed by atoms with E-state index in [1.165, 1.54) is 0 Å². The molecule has 3 heteroatoms. The third-order valence-electron chi connectivity index (χ3n) is 3.03. The summed E-state index contributed by atoms with van der Waals surface area (Å²) >= 11 is 0. The van der Waals surface area contributed by atoms with Crippen molar-refractivity contribution >= 4 is 5.78 Å². The number of hydrogen-bond acceptors (Lipinski definition) is 3. The Balaban J connectivity index is 2.24. The third kappa shape index (κ3) is 1.38. The molecule has 76 valence electrons. The van der Waals surface area contributed by atoms with Crippen LogP contribution in [0.1, 0.15) is 36.7 Å². The third-order valence-corrected chi connectivity index (χ3v) is 3.03. The zero-order chi connectivity index (χ0) is 10.0. The van der Waals surface area contributed by atoms with Gasteiger partial charge < -0.3 is 9.73 Å². The molecule has 0 amide bonds. The Hall–Kier alpha value is -1.09. The van der Waals surface area contributed by atoms with Crippen LogP contribution >= 0.6 is 0 Å². The summed E-state index contributed by atoms with van der Waals surface area (Å²) in [6.07, 6.45) is 4.36. The first kappa shape index (κ1) is 9.46. The second-order valence-corrected chi connectivity index (χ2v) is 3.77. The lowest BCUT2D eigenvalue weighted by Gasteiger charge is -2.24. The quantitative estimate of drug-likeness (QED) is 0.746. The van der Waals surface area contributed by atoms with Gasteiger partial charge in [0, 0.05) is 0 Å². The predicted molar refractivity (Wildman–Crippen MR) is 53.3 cm³/mol. The topological polar surface area (TPSA) is 42.2 Å². The van der Waals surface area contributed by atoms with Gasteiger partial charge in [-0.15, -0.1) is 0 Å². The number of carbonyl (C=O) groups excluding carboxylic acids is 1. The van der Waals surface area contributed by atoms with E-state index in [-0.39, 0.29) is 11.3 Å². The van der Waals surface area contributed by atoms with Crippen LogP contribution in [0.15, 0.2) is 22.8 Å². The molecule has 1 unspecified atom stereocenters. The minimum Gasteiger partial charge on any atom is -0.461 e. The standard InChI is InChI=1S/C11H15NO2/c1-2-11(6-4-7-12-11)10(13)9-5-3-8-14-9/h3,5,8,12H,2,4,6-7H2,1H3. The summed E-state index contributed by atoms with van der Waals surface area (Å²) in [5, 5.41) is 3.30. The van der Waals surface area contributed by atoms with Crippen molar-refractivity contribution in [2.75, 3.05) is 6.54 Å². The Morgan fingerprint density at radius 2 is 2.57 bits per heavy atom. The van der Waals surface area contributed by atoms with Crippen LogP contribution in [0.4, 0.5) is 0 Å². The maximum atomic E-state index is 12.1. The van der Waals surface area contributed by atoms with Gasteiger partial charge in [-0.3, -0.25) is 4.79 Å². The number of ketones is 1. The molecule has 2 rings (SSSR count). The second kappa shape index (κ2) is 3.58. The average Bonchev–Trinajstić information content (AvgIpc) is 2.89. The Labute approximate surface area is 83.5 Å². The van der Waals surface area contributed by atoms with E-state index in [2.05, 4.69) is 5.32 Å². The van der Waals surface area contributed by atoms with Gasteiger partial charge in [-0.1, -0.05) is 6.92 Å². The molecule has 1 aliphatic rings. The molecule has 1 saturated heterocycles. The first-order valence-electron chi connectivity index (χ1n) is 5.12. The molecular formula is C11H15NO2. The van der Waals surface area contributed by atoms with Crippen LogP contribution in [0.5, 0.6) is 0 Å². The van der Waals surface area contributed by atoms with E-state index >= 15 is 0 Å². The molecule has 0 aliphatic carbocycles. The smallest absolute Gasteiger partial charge is 0.217 e. The largest absolute Gasteiger partial charge is 0.461 e. The van der Waals surface area contributed by atoms with Gasteiger partial charge in [0.25, 0.3) is 0 Å². The van der Waals surface area contributed by atoms with Crippen LogP contribution < -0.4 is 5.32 Å². The highest BCUT2D eigenvalue weighted by Gasteiger charge is 2.40. The lowest BCUT2D eigenvalue weighted by Crippen LogP contribution is -2.46. The zero-order valence-electron chi connectivity index (χ0n) is 8.38. The fraction of sp³-hybridized carbons (Fsp3) is 0.545. The van der Waals surface area contributed by atoms with E-state index in [9.17, 15) is 4.79 Å². The highest BCUT2D eigenvalue weighted by molar-refractivity contribution is 6.01. The highest BCUT2D eigenvalue weighted by Crippen LogP contribution is 2.27. The molecule has 0 aromatic carbocycles. The normalized spacial score (nSPS) is 26.6. The Morgan fingerprint density at radius 1 is 1.71 bits per heavy atom. The van der Waals surface area contributed by atoms with E-state index in [0.717, 1.165) is 25.8 Å². The van der Waals surface area contributed by atoms with Crippen LogP contribution in [0.3, 0.4) is 0 Å². The molecule has 0 radical (unpaired) electrons. The van der Waals surface area contributed by atoms with Gasteiger partial charge >= 0.3 is 0 Å². The van der Waals surface area contributed by atoms with Crippen molar-refractivity contribution in [2.45, 2.75) is 31.7 Å². The Bertz CT molecular complexity index is 310. The van der Waals surface area contributed by atoms with E-state index in [1.54, 1.807) is 18.4 Å². The zero-order valence-corrected chi connectivity index (χ0v) is 8.38. The van der Waals surface area contributed by atoms with Crippen molar-refractivity contribution in [3.63, 3.8) is 0 Å². The molecule has 2 heterocycles. The van der Waals surface area contributed by atoms with Crippen molar-refractivity contribution in [3.05, 3.63) is 24.2 Å². The number of Topliss-reactive ketones (excluding diaryl/α,β-unsaturated/α-hetero) is 1. The molecule has 14 heavy (non-hydrogen) atoms. The lowest BCUT2D eigenvalue weighted by molar-refractivity contribution is 0.0834. The summed E-state index contributed by atoms with van der Waals surface area (Å²) in [6, 6.07) is 3.49. The van der Waals surface area contributed by atoms with Crippen LogP contribution in [-0.4, -0.2) is 17.9 Å². The van der Waals surface area contributed by atoms with Crippen molar-refractivity contribution in [2.24, 2.45) is 0 Å². The SMILES string of the molecule is CCC1(C(=O)c2ccco2)CCCN1. The Morgan fingerprint density at radius 3 is 3.07 bits per heavy atom. The summed E-state index contributed by atoms with van der Waals surface area (Å²) in [5.74, 6) is 0.573. The van der Waals surface area contributed by atoms with Gasteiger partial charge in [-0.05, 0) is 37.9 Å². The van der Waals surface area contributed by atoms with Gasteiger partial charge in [-0.2, -0.15) is 0 Å². The van der Waals surface area contributed by atoms with Crippen molar-refractivity contribution in [1.82, 2.24) is 5.32 Å². The van der Waals surface area contributed by atoms with Gasteiger partial charge in [0.1, 0.15) is 0 Å². The molecule has 1 aromatic heterocycles. The first-order chi connectivity index (χ1) is 6.78. The summed E-state index contributed by atoms with van der Waals surface area (Å²) in [5.41, 5.74) is -0.363. The van der Waals surface area contributed by atoms with Crippen LogP contribution in [0.2, 0.25) is 0 Å². The fourth-order valence-corrected chi connectivity index (χ4v) is 2.11. The van der Waals surface area contributed by atoms with Crippen LogP contribution in [-0.2, 0) is 0 Å². The monoisotopic (exact) mass is 193 g/mol. The molecule has 1 N–H and O–H groups in total. The van der Waals surface area contributed by atoms with Crippen molar-refractivity contribution < 1.29 is 9.21 Å². The fourth-order valence-electron chi connectivity index (χ4n) is 2.11. The maximum absolute atomic E-state index is 12.1. The van der Waals surface area contributed by atoms with E-state index < -0.39 is 0 Å². The first-order valence-corrected chi connectivity index (χ1v) is 5.12. The number of hydrogen-bond donors (Lipinski definition) is 1. The van der Waals surface area contributed by atoms with Gasteiger partial charge in [0.2, 0.25) is 5.78 Å². The minimum atomic E-state index is -0.363. The lowest BCUT2D eigenvalue weighted by atomic mass is 9.88. The molecule has 1 aromatic rings. The van der Waals surface area contributed by atoms with Crippen LogP contribution in [0.25, 0.3) is 0 Å². The molecule has 3 nitrogen and oxygen atoms in total. The number of carbonyl (C=O) groups is 1. The van der Waals surface area contributed by atoms with Gasteiger partial charge in [0.15, 0.2) is 5.76 Å². The number of rotatable bonds is 3. The second-order valence-electron chi connectivity index (χ2n) is 3.77. The molecule has 1 fully saturated rings. The average molecular weight is 193 g/mol. The molecule has 0 saturated carbocycles. The van der Waals surface area contributed by atoms with E-state index in [4.69, 9.17) is 4.42 Å². The van der Waals surface area contributed by atoms with Crippen molar-refractivity contribution in [1.29, 1.82) is 0 Å². The molecule has 1 atom stereocenters. The molecule has 0 bridgehead atoms. The summed E-state index contributed by atoms with van der Waals surface area (Å²) < 4.78 is 5.15. The molecule has 0 spiro atoms. The van der Waals surface area contributed by atoms with Crippen molar-refractivity contribution in [3.8, 4) is 0 Å². The predicted octanol–water partition coefficient (Wildman–Crippen LogP) is 1.99. The summed E-state index contributed by atoms with van der Waals surface area (Å²) in [4.78, 5) is 12.1. The number of furan rings is 1. The Kier molecular flexibility index (Phi) is 2.42. The molecule has 1 aliphatic heterocycles.